The zero-order chi connectivity index (χ0) is 17.4. The minimum Gasteiger partial charge on any atom is -0.491 e. The summed E-state index contributed by atoms with van der Waals surface area (Å²) in [5.41, 5.74) is 3.17. The molecule has 0 bridgehead atoms. The summed E-state index contributed by atoms with van der Waals surface area (Å²) in [4.78, 5) is 11.8. The van der Waals surface area contributed by atoms with Crippen molar-refractivity contribution in [2.24, 2.45) is 0 Å². The van der Waals surface area contributed by atoms with Gasteiger partial charge in [-0.15, -0.1) is 0 Å². The van der Waals surface area contributed by atoms with Gasteiger partial charge >= 0.3 is 0 Å². The molecule has 0 aliphatic heterocycles. The maximum Gasteiger partial charge on any atom is 0.250 e. The van der Waals surface area contributed by atoms with E-state index in [1.54, 1.807) is 0 Å². The maximum atomic E-state index is 11.8. The summed E-state index contributed by atoms with van der Waals surface area (Å²) < 4.78 is 10.9. The van der Waals surface area contributed by atoms with Gasteiger partial charge in [-0.1, -0.05) is 38.1 Å². The Hall–Kier alpha value is -2.33. The quantitative estimate of drug-likeness (QED) is 0.741. The van der Waals surface area contributed by atoms with Gasteiger partial charge < -0.3 is 14.8 Å². The van der Waals surface area contributed by atoms with Gasteiger partial charge in [0.15, 0.2) is 0 Å². The van der Waals surface area contributed by atoms with Crippen LogP contribution in [-0.2, 0) is 9.53 Å². The number of carbonyl (C=O) groups excluding carboxylic acids is 1. The molecule has 2 aromatic carbocycles. The number of rotatable bonds is 8. The molecule has 0 aliphatic carbocycles. The van der Waals surface area contributed by atoms with Crippen LogP contribution >= 0.6 is 0 Å². The monoisotopic (exact) mass is 327 g/mol. The molecule has 0 spiro atoms. The van der Waals surface area contributed by atoms with E-state index in [0.29, 0.717) is 19.1 Å². The van der Waals surface area contributed by atoms with Crippen LogP contribution in [0.25, 0.3) is 0 Å². The van der Waals surface area contributed by atoms with E-state index in [1.165, 1.54) is 5.56 Å². The molecule has 0 heterocycles. The number of carbonyl (C=O) groups is 1. The molecule has 0 aliphatic rings. The Kier molecular flexibility index (Phi) is 6.82. The SMILES string of the molecule is Cc1cccc(NC(=O)COCCOc2ccc(C(C)C)cc2)c1. The van der Waals surface area contributed by atoms with Gasteiger partial charge in [0.1, 0.15) is 19.0 Å². The number of nitrogens with one attached hydrogen (secondary N) is 1. The molecular formula is C20H25NO3. The highest BCUT2D eigenvalue weighted by Crippen LogP contribution is 2.18. The second-order valence-corrected chi connectivity index (χ2v) is 6.04. The van der Waals surface area contributed by atoms with Gasteiger partial charge in [-0.25, -0.2) is 0 Å². The minimum atomic E-state index is -0.165. The predicted molar refractivity (Wildman–Crippen MR) is 96.7 cm³/mol. The van der Waals surface area contributed by atoms with Crippen LogP contribution in [0.15, 0.2) is 48.5 Å². The topological polar surface area (TPSA) is 47.6 Å². The average molecular weight is 327 g/mol. The first-order chi connectivity index (χ1) is 11.5. The molecule has 0 saturated carbocycles. The first kappa shape index (κ1) is 18.0. The van der Waals surface area contributed by atoms with Crippen LogP contribution in [0.3, 0.4) is 0 Å². The molecule has 0 fully saturated rings. The van der Waals surface area contributed by atoms with Crippen LogP contribution in [-0.4, -0.2) is 25.7 Å². The average Bonchev–Trinajstić information content (AvgIpc) is 2.55. The third kappa shape index (κ3) is 6.05. The lowest BCUT2D eigenvalue weighted by atomic mass is 10.0. The van der Waals surface area contributed by atoms with Gasteiger partial charge in [0.25, 0.3) is 0 Å². The van der Waals surface area contributed by atoms with Crippen molar-refractivity contribution in [3.63, 3.8) is 0 Å². The molecule has 2 aromatic rings. The Balaban J connectivity index is 1.63. The van der Waals surface area contributed by atoms with Gasteiger partial charge in [-0.2, -0.15) is 0 Å². The Labute approximate surface area is 143 Å². The smallest absolute Gasteiger partial charge is 0.250 e. The Morgan fingerprint density at radius 2 is 1.83 bits per heavy atom. The molecular weight excluding hydrogens is 302 g/mol. The summed E-state index contributed by atoms with van der Waals surface area (Å²) in [6.07, 6.45) is 0. The highest BCUT2D eigenvalue weighted by molar-refractivity contribution is 5.91. The first-order valence-corrected chi connectivity index (χ1v) is 8.21. The van der Waals surface area contributed by atoms with Crippen molar-refractivity contribution in [2.45, 2.75) is 26.7 Å². The van der Waals surface area contributed by atoms with E-state index in [9.17, 15) is 4.79 Å². The molecule has 4 nitrogen and oxygen atoms in total. The lowest BCUT2D eigenvalue weighted by Gasteiger charge is -2.10. The Morgan fingerprint density at radius 3 is 2.50 bits per heavy atom. The number of ether oxygens (including phenoxy) is 2. The molecule has 1 N–H and O–H groups in total. The minimum absolute atomic E-state index is 0.0174. The van der Waals surface area contributed by atoms with Crippen molar-refractivity contribution >= 4 is 11.6 Å². The lowest BCUT2D eigenvalue weighted by molar-refractivity contribution is -0.120. The number of hydrogen-bond donors (Lipinski definition) is 1. The number of amides is 1. The lowest BCUT2D eigenvalue weighted by Crippen LogP contribution is -2.20. The van der Waals surface area contributed by atoms with Crippen LogP contribution in [0, 0.1) is 6.92 Å². The van der Waals surface area contributed by atoms with E-state index >= 15 is 0 Å². The standard InChI is InChI=1S/C20H25NO3/c1-15(2)17-7-9-19(10-8-17)24-12-11-23-14-20(22)21-18-6-4-5-16(3)13-18/h4-10,13,15H,11-12,14H2,1-3H3,(H,21,22). The molecule has 4 heteroatoms. The first-order valence-electron chi connectivity index (χ1n) is 8.21. The van der Waals surface area contributed by atoms with Crippen LogP contribution in [0.4, 0.5) is 5.69 Å². The summed E-state index contributed by atoms with van der Waals surface area (Å²) in [7, 11) is 0. The van der Waals surface area contributed by atoms with Crippen molar-refractivity contribution in [1.82, 2.24) is 0 Å². The molecule has 0 radical (unpaired) electrons. The fourth-order valence-electron chi connectivity index (χ4n) is 2.25. The van der Waals surface area contributed by atoms with Gasteiger partial charge in [-0.3, -0.25) is 4.79 Å². The van der Waals surface area contributed by atoms with E-state index in [-0.39, 0.29) is 12.5 Å². The number of aryl methyl sites for hydroxylation is 1. The summed E-state index contributed by atoms with van der Waals surface area (Å²) in [6.45, 7) is 7.10. The molecule has 1 amide bonds. The van der Waals surface area contributed by atoms with Crippen molar-refractivity contribution in [3.05, 3.63) is 59.7 Å². The second kappa shape index (κ2) is 9.08. The van der Waals surface area contributed by atoms with E-state index in [4.69, 9.17) is 9.47 Å². The summed E-state index contributed by atoms with van der Waals surface area (Å²) in [6, 6.07) is 15.7. The Morgan fingerprint density at radius 1 is 1.08 bits per heavy atom. The molecule has 2 rings (SSSR count). The van der Waals surface area contributed by atoms with E-state index in [1.807, 2.05) is 43.3 Å². The third-order valence-corrected chi connectivity index (χ3v) is 3.58. The van der Waals surface area contributed by atoms with Crippen molar-refractivity contribution in [2.75, 3.05) is 25.1 Å². The molecule has 0 aromatic heterocycles. The fourth-order valence-corrected chi connectivity index (χ4v) is 2.25. The number of anilines is 1. The normalized spacial score (nSPS) is 10.7. The van der Waals surface area contributed by atoms with E-state index in [2.05, 4.69) is 31.3 Å². The zero-order valence-electron chi connectivity index (χ0n) is 14.5. The third-order valence-electron chi connectivity index (χ3n) is 3.58. The van der Waals surface area contributed by atoms with Gasteiger partial charge in [0, 0.05) is 5.69 Å². The number of benzene rings is 2. The van der Waals surface area contributed by atoms with Gasteiger partial charge in [-0.05, 0) is 48.2 Å². The molecule has 0 unspecified atom stereocenters. The van der Waals surface area contributed by atoms with Crippen molar-refractivity contribution < 1.29 is 14.3 Å². The molecule has 128 valence electrons. The maximum absolute atomic E-state index is 11.8. The summed E-state index contributed by atoms with van der Waals surface area (Å²) >= 11 is 0. The highest BCUT2D eigenvalue weighted by atomic mass is 16.5. The summed E-state index contributed by atoms with van der Waals surface area (Å²) in [5, 5.41) is 2.80. The molecule has 24 heavy (non-hydrogen) atoms. The number of hydrogen-bond acceptors (Lipinski definition) is 3. The fraction of sp³-hybridized carbons (Fsp3) is 0.350. The Bertz CT molecular complexity index is 650. The van der Waals surface area contributed by atoms with Crippen LogP contribution in [0.1, 0.15) is 30.9 Å². The predicted octanol–water partition coefficient (Wildman–Crippen LogP) is 4.15. The zero-order valence-corrected chi connectivity index (χ0v) is 14.5. The van der Waals surface area contributed by atoms with E-state index in [0.717, 1.165) is 17.0 Å². The highest BCUT2D eigenvalue weighted by Gasteiger charge is 2.03. The van der Waals surface area contributed by atoms with Crippen molar-refractivity contribution in [3.8, 4) is 5.75 Å². The van der Waals surface area contributed by atoms with Gasteiger partial charge in [0.05, 0.1) is 6.61 Å². The molecule has 0 saturated heterocycles. The van der Waals surface area contributed by atoms with E-state index < -0.39 is 0 Å². The van der Waals surface area contributed by atoms with Gasteiger partial charge in [0.2, 0.25) is 5.91 Å². The van der Waals surface area contributed by atoms with Crippen LogP contribution in [0.2, 0.25) is 0 Å². The molecule has 0 atom stereocenters. The largest absolute Gasteiger partial charge is 0.491 e. The second-order valence-electron chi connectivity index (χ2n) is 6.04. The summed E-state index contributed by atoms with van der Waals surface area (Å²) in [5.74, 6) is 1.16. The van der Waals surface area contributed by atoms with Crippen LogP contribution in [0.5, 0.6) is 5.75 Å². The van der Waals surface area contributed by atoms with Crippen LogP contribution < -0.4 is 10.1 Å². The van der Waals surface area contributed by atoms with Crippen molar-refractivity contribution in [1.29, 1.82) is 0 Å².